The van der Waals surface area contributed by atoms with Crippen LogP contribution in [0, 0.1) is 0 Å². The highest BCUT2D eigenvalue weighted by Crippen LogP contribution is 2.26. The molecule has 0 atom stereocenters. The molecule has 0 saturated heterocycles. The molecule has 0 spiro atoms. The second-order valence-corrected chi connectivity index (χ2v) is 5.09. The van der Waals surface area contributed by atoms with Crippen molar-refractivity contribution in [2.75, 3.05) is 27.3 Å². The highest BCUT2D eigenvalue weighted by atomic mass is 16.5. The van der Waals surface area contributed by atoms with Crippen molar-refractivity contribution in [3.63, 3.8) is 0 Å². The van der Waals surface area contributed by atoms with Crippen LogP contribution >= 0.6 is 0 Å². The third-order valence-electron chi connectivity index (χ3n) is 3.35. The van der Waals surface area contributed by atoms with Crippen molar-refractivity contribution < 1.29 is 19.7 Å². The molecule has 0 amide bonds. The average molecular weight is 334 g/mol. The quantitative estimate of drug-likeness (QED) is 0.641. The zero-order valence-corrected chi connectivity index (χ0v) is 14.2. The first kappa shape index (κ1) is 19.6. The van der Waals surface area contributed by atoms with Crippen molar-refractivity contribution >= 4 is 0 Å². The van der Waals surface area contributed by atoms with E-state index in [0.717, 1.165) is 24.0 Å². The number of benzene rings is 2. The zero-order valence-electron chi connectivity index (χ0n) is 14.2. The molecule has 6 heteroatoms. The molecule has 2 aromatic rings. The Morgan fingerprint density at radius 3 is 1.42 bits per heavy atom. The van der Waals surface area contributed by atoms with Gasteiger partial charge in [0.15, 0.2) is 23.0 Å². The number of ether oxygens (including phenoxy) is 2. The van der Waals surface area contributed by atoms with Crippen molar-refractivity contribution in [3.8, 4) is 23.0 Å². The van der Waals surface area contributed by atoms with Crippen LogP contribution in [0.3, 0.4) is 0 Å². The normalized spacial score (nSPS) is 9.83. The summed E-state index contributed by atoms with van der Waals surface area (Å²) < 4.78 is 9.88. The van der Waals surface area contributed by atoms with Crippen LogP contribution in [-0.2, 0) is 12.8 Å². The first-order valence-corrected chi connectivity index (χ1v) is 7.67. The summed E-state index contributed by atoms with van der Waals surface area (Å²) in [7, 11) is 3.06. The number of aromatic hydroxyl groups is 2. The van der Waals surface area contributed by atoms with E-state index in [2.05, 4.69) is 0 Å². The maximum atomic E-state index is 9.25. The summed E-state index contributed by atoms with van der Waals surface area (Å²) in [6.45, 7) is 1.21. The molecule has 0 heterocycles. The van der Waals surface area contributed by atoms with Crippen molar-refractivity contribution in [1.82, 2.24) is 0 Å². The molecule has 0 radical (unpaired) electrons. The second kappa shape index (κ2) is 10.4. The van der Waals surface area contributed by atoms with Crippen molar-refractivity contribution in [3.05, 3.63) is 47.5 Å². The number of phenols is 2. The lowest BCUT2D eigenvalue weighted by Crippen LogP contribution is -2.02. The third kappa shape index (κ3) is 5.98. The highest BCUT2D eigenvalue weighted by molar-refractivity contribution is 5.42. The molecule has 0 saturated carbocycles. The van der Waals surface area contributed by atoms with Crippen molar-refractivity contribution in [2.24, 2.45) is 11.5 Å². The van der Waals surface area contributed by atoms with E-state index < -0.39 is 0 Å². The molecule has 2 aromatic carbocycles. The Morgan fingerprint density at radius 2 is 1.12 bits per heavy atom. The van der Waals surface area contributed by atoms with Gasteiger partial charge in [-0.2, -0.15) is 0 Å². The van der Waals surface area contributed by atoms with E-state index in [9.17, 15) is 10.2 Å². The summed E-state index contributed by atoms with van der Waals surface area (Å²) >= 11 is 0. The van der Waals surface area contributed by atoms with Gasteiger partial charge in [-0.1, -0.05) is 12.1 Å². The van der Waals surface area contributed by atoms with Crippen LogP contribution in [0.5, 0.6) is 23.0 Å². The van der Waals surface area contributed by atoms with Gasteiger partial charge in [0.2, 0.25) is 0 Å². The van der Waals surface area contributed by atoms with Gasteiger partial charge in [-0.25, -0.2) is 0 Å². The number of rotatable bonds is 6. The lowest BCUT2D eigenvalue weighted by atomic mass is 10.1. The summed E-state index contributed by atoms with van der Waals surface area (Å²) in [6.07, 6.45) is 1.60. The molecule has 6 N–H and O–H groups in total. The summed E-state index contributed by atoms with van der Waals surface area (Å²) in [5.74, 6) is 1.33. The topological polar surface area (TPSA) is 111 Å². The molecule has 0 aliphatic heterocycles. The lowest BCUT2D eigenvalue weighted by molar-refractivity contribution is 0.373. The van der Waals surface area contributed by atoms with E-state index >= 15 is 0 Å². The Balaban J connectivity index is 0.000000240. The van der Waals surface area contributed by atoms with Crippen LogP contribution in [0.2, 0.25) is 0 Å². The van der Waals surface area contributed by atoms with Gasteiger partial charge in [0.25, 0.3) is 0 Å². The van der Waals surface area contributed by atoms with Gasteiger partial charge >= 0.3 is 0 Å². The zero-order chi connectivity index (χ0) is 17.9. The minimum absolute atomic E-state index is 0.165. The van der Waals surface area contributed by atoms with Gasteiger partial charge in [-0.3, -0.25) is 0 Å². The number of hydrogen-bond acceptors (Lipinski definition) is 6. The lowest BCUT2D eigenvalue weighted by Gasteiger charge is -2.05. The molecular weight excluding hydrogens is 308 g/mol. The maximum absolute atomic E-state index is 9.25. The van der Waals surface area contributed by atoms with E-state index in [1.54, 1.807) is 24.3 Å². The fraction of sp³-hybridized carbons (Fsp3) is 0.333. The smallest absolute Gasteiger partial charge is 0.160 e. The molecule has 132 valence electrons. The van der Waals surface area contributed by atoms with E-state index in [0.29, 0.717) is 24.6 Å². The molecule has 24 heavy (non-hydrogen) atoms. The predicted octanol–water partition coefficient (Wildman–Crippen LogP) is 1.80. The van der Waals surface area contributed by atoms with Crippen LogP contribution < -0.4 is 20.9 Å². The van der Waals surface area contributed by atoms with Crippen LogP contribution in [0.15, 0.2) is 36.4 Å². The first-order chi connectivity index (χ1) is 11.5. The van der Waals surface area contributed by atoms with Crippen LogP contribution in [-0.4, -0.2) is 37.5 Å². The van der Waals surface area contributed by atoms with Gasteiger partial charge in [-0.05, 0) is 61.3 Å². The predicted molar refractivity (Wildman–Crippen MR) is 94.8 cm³/mol. The average Bonchev–Trinajstić information content (AvgIpc) is 2.59. The van der Waals surface area contributed by atoms with Gasteiger partial charge in [0.1, 0.15) is 0 Å². The highest BCUT2D eigenvalue weighted by Gasteiger charge is 2.01. The molecule has 6 nitrogen and oxygen atoms in total. The van der Waals surface area contributed by atoms with E-state index in [-0.39, 0.29) is 11.5 Å². The fourth-order valence-corrected chi connectivity index (χ4v) is 2.09. The monoisotopic (exact) mass is 334 g/mol. The van der Waals surface area contributed by atoms with Crippen LogP contribution in [0.1, 0.15) is 11.1 Å². The first-order valence-electron chi connectivity index (χ1n) is 7.67. The van der Waals surface area contributed by atoms with Crippen molar-refractivity contribution in [1.29, 1.82) is 0 Å². The van der Waals surface area contributed by atoms with E-state index in [1.165, 1.54) is 14.2 Å². The third-order valence-corrected chi connectivity index (χ3v) is 3.35. The summed E-state index contributed by atoms with van der Waals surface area (Å²) in [5, 5.41) is 18.5. The molecule has 0 bridgehead atoms. The number of hydrogen-bond donors (Lipinski definition) is 4. The van der Waals surface area contributed by atoms with E-state index in [4.69, 9.17) is 20.9 Å². The Bertz CT molecular complexity index is 577. The molecule has 0 fully saturated rings. The number of methoxy groups -OCH3 is 2. The Labute approximate surface area is 142 Å². The summed E-state index contributed by atoms with van der Waals surface area (Å²) in [5.41, 5.74) is 12.9. The Hall–Kier alpha value is -2.44. The molecule has 0 aliphatic carbocycles. The Kier molecular flexibility index (Phi) is 8.46. The van der Waals surface area contributed by atoms with Gasteiger partial charge in [0.05, 0.1) is 14.2 Å². The van der Waals surface area contributed by atoms with Crippen LogP contribution in [0.25, 0.3) is 0 Å². The molecular formula is C18H26N2O4. The number of phenolic OH excluding ortho intramolecular Hbond substituents is 2. The minimum Gasteiger partial charge on any atom is -0.504 e. The standard InChI is InChI=1S/2C9H13NO2/c2*1-12-9-6-7(4-5-10)2-3-8(9)11/h2*2-3,6,11H,4-5,10H2,1H3. The van der Waals surface area contributed by atoms with Gasteiger partial charge < -0.3 is 31.2 Å². The van der Waals surface area contributed by atoms with Gasteiger partial charge in [0, 0.05) is 0 Å². The SMILES string of the molecule is COc1cc(CCN)ccc1O.COc1cc(CCN)ccc1O. The van der Waals surface area contributed by atoms with Crippen LogP contribution in [0.4, 0.5) is 0 Å². The van der Waals surface area contributed by atoms with E-state index in [1.807, 2.05) is 12.1 Å². The van der Waals surface area contributed by atoms with Crippen molar-refractivity contribution in [2.45, 2.75) is 12.8 Å². The number of nitrogens with two attached hydrogens (primary N) is 2. The summed E-state index contributed by atoms with van der Waals surface area (Å²) in [4.78, 5) is 0. The second-order valence-electron chi connectivity index (χ2n) is 5.09. The fourth-order valence-electron chi connectivity index (χ4n) is 2.09. The molecule has 2 rings (SSSR count). The Morgan fingerprint density at radius 1 is 0.750 bits per heavy atom. The van der Waals surface area contributed by atoms with Gasteiger partial charge in [-0.15, -0.1) is 0 Å². The molecule has 0 aromatic heterocycles. The molecule has 0 unspecified atom stereocenters. The largest absolute Gasteiger partial charge is 0.504 e. The molecule has 0 aliphatic rings. The minimum atomic E-state index is 0.165. The summed E-state index contributed by atoms with van der Waals surface area (Å²) in [6, 6.07) is 10.5. The maximum Gasteiger partial charge on any atom is 0.160 e.